The summed E-state index contributed by atoms with van der Waals surface area (Å²) in [5.74, 6) is 2.35. The molecule has 1 aromatic carbocycles. The minimum Gasteiger partial charge on any atom is -0.486 e. The largest absolute Gasteiger partial charge is 0.486 e. The van der Waals surface area contributed by atoms with E-state index in [9.17, 15) is 0 Å². The van der Waals surface area contributed by atoms with Gasteiger partial charge < -0.3 is 14.5 Å². The Morgan fingerprint density at radius 1 is 1.10 bits per heavy atom. The third-order valence-electron chi connectivity index (χ3n) is 3.06. The third kappa shape index (κ3) is 2.04. The molecule has 0 amide bonds. The zero-order valence-corrected chi connectivity index (χ0v) is 14.1. The van der Waals surface area contributed by atoms with Gasteiger partial charge in [0.25, 0.3) is 0 Å². The van der Waals surface area contributed by atoms with Crippen LogP contribution in [0.25, 0.3) is 22.4 Å². The van der Waals surface area contributed by atoms with E-state index in [0.717, 1.165) is 41.5 Å². The van der Waals surface area contributed by atoms with Crippen LogP contribution in [0.1, 0.15) is 0 Å². The second-order valence-electron chi connectivity index (χ2n) is 4.34. The molecule has 0 bridgehead atoms. The van der Waals surface area contributed by atoms with E-state index in [0.29, 0.717) is 13.2 Å². The quantitative estimate of drug-likeness (QED) is 0.632. The van der Waals surface area contributed by atoms with Gasteiger partial charge in [-0.1, -0.05) is 0 Å². The molecule has 3 heterocycles. The van der Waals surface area contributed by atoms with Crippen molar-refractivity contribution in [3.63, 3.8) is 0 Å². The molecule has 0 saturated heterocycles. The smallest absolute Gasteiger partial charge is 0.163 e. The molecule has 0 radical (unpaired) electrons. The first-order valence-corrected chi connectivity index (χ1v) is 8.35. The number of aromatic amines is 1. The molecule has 1 N–H and O–H groups in total. The summed E-state index contributed by atoms with van der Waals surface area (Å²) in [7, 11) is 0. The van der Waals surface area contributed by atoms with Crippen LogP contribution in [0.3, 0.4) is 0 Å². The number of nitrogens with one attached hydrogen (secondary N) is 1. The second-order valence-corrected chi connectivity index (χ2v) is 8.09. The van der Waals surface area contributed by atoms with Crippen LogP contribution in [0.5, 0.6) is 11.5 Å². The molecule has 2 aromatic heterocycles. The lowest BCUT2D eigenvalue weighted by Crippen LogP contribution is -2.15. The molecule has 0 atom stereocenters. The normalized spacial score (nSPS) is 13.9. The average Bonchev–Trinajstić information content (AvgIpc) is 2.98. The van der Waals surface area contributed by atoms with Crippen molar-refractivity contribution in [3.05, 3.63) is 25.8 Å². The number of H-pyrrole nitrogens is 1. The number of benzene rings is 1. The molecule has 0 fully saturated rings. The predicted molar refractivity (Wildman–Crippen MR) is 85.8 cm³/mol. The highest BCUT2D eigenvalue weighted by molar-refractivity contribution is 9.12. The highest BCUT2D eigenvalue weighted by Crippen LogP contribution is 2.39. The lowest BCUT2D eigenvalue weighted by molar-refractivity contribution is 0.172. The Labute approximate surface area is 135 Å². The second kappa shape index (κ2) is 4.75. The summed E-state index contributed by atoms with van der Waals surface area (Å²) in [6.45, 7) is 1.17. The fourth-order valence-corrected chi connectivity index (χ4v) is 4.98. The van der Waals surface area contributed by atoms with Crippen molar-refractivity contribution in [2.24, 2.45) is 0 Å². The van der Waals surface area contributed by atoms with Crippen molar-refractivity contribution in [1.29, 1.82) is 0 Å². The van der Waals surface area contributed by atoms with E-state index in [2.05, 4.69) is 41.8 Å². The van der Waals surface area contributed by atoms with Crippen LogP contribution in [0, 0.1) is 0 Å². The van der Waals surface area contributed by atoms with E-state index in [1.54, 1.807) is 11.3 Å². The van der Waals surface area contributed by atoms with Gasteiger partial charge in [-0.05, 0) is 37.9 Å². The van der Waals surface area contributed by atoms with Crippen molar-refractivity contribution in [2.45, 2.75) is 0 Å². The maximum absolute atomic E-state index is 5.59. The van der Waals surface area contributed by atoms with Gasteiger partial charge in [-0.15, -0.1) is 11.3 Å². The zero-order valence-electron chi connectivity index (χ0n) is 10.1. The van der Waals surface area contributed by atoms with Gasteiger partial charge in [0.05, 0.1) is 18.6 Å². The first-order chi connectivity index (χ1) is 9.70. The van der Waals surface area contributed by atoms with E-state index >= 15 is 0 Å². The lowest BCUT2D eigenvalue weighted by Gasteiger charge is -2.17. The molecule has 1 aliphatic heterocycles. The number of fused-ring (bicyclic) bond motifs is 2. The van der Waals surface area contributed by atoms with Crippen LogP contribution in [0.4, 0.5) is 0 Å². The zero-order chi connectivity index (χ0) is 13.7. The number of halogens is 2. The van der Waals surface area contributed by atoms with Crippen LogP contribution in [0.15, 0.2) is 25.8 Å². The summed E-state index contributed by atoms with van der Waals surface area (Å²) in [5, 5.41) is 0. The van der Waals surface area contributed by atoms with Crippen molar-refractivity contribution in [3.8, 4) is 22.9 Å². The average molecular weight is 416 g/mol. The fraction of sp³-hybridized carbons (Fsp3) is 0.154. The van der Waals surface area contributed by atoms with Gasteiger partial charge in [-0.2, -0.15) is 0 Å². The molecule has 7 heteroatoms. The Morgan fingerprint density at radius 2 is 1.85 bits per heavy atom. The summed E-state index contributed by atoms with van der Waals surface area (Å²) in [4.78, 5) is 7.96. The van der Waals surface area contributed by atoms with E-state index in [1.165, 1.54) is 0 Å². The van der Waals surface area contributed by atoms with Crippen molar-refractivity contribution in [2.75, 3.05) is 13.2 Å². The number of hydrogen-bond acceptors (Lipinski definition) is 4. The van der Waals surface area contributed by atoms with Crippen molar-refractivity contribution >= 4 is 54.2 Å². The van der Waals surface area contributed by atoms with Gasteiger partial charge in [0, 0.05) is 17.7 Å². The first-order valence-electron chi connectivity index (χ1n) is 5.95. The monoisotopic (exact) mass is 414 g/mol. The Hall–Kier alpha value is -1.05. The van der Waals surface area contributed by atoms with Crippen LogP contribution < -0.4 is 9.47 Å². The molecule has 0 saturated carbocycles. The summed E-state index contributed by atoms with van der Waals surface area (Å²) >= 11 is 8.66. The van der Waals surface area contributed by atoms with Gasteiger partial charge in [0.2, 0.25) is 0 Å². The lowest BCUT2D eigenvalue weighted by atomic mass is 10.2. The molecule has 102 valence electrons. The molecule has 20 heavy (non-hydrogen) atoms. The Morgan fingerprint density at radius 3 is 2.55 bits per heavy atom. The van der Waals surface area contributed by atoms with Crippen LogP contribution in [-0.2, 0) is 0 Å². The van der Waals surface area contributed by atoms with Gasteiger partial charge >= 0.3 is 0 Å². The highest BCUT2D eigenvalue weighted by Gasteiger charge is 2.17. The maximum Gasteiger partial charge on any atom is 0.163 e. The number of rotatable bonds is 1. The fourth-order valence-electron chi connectivity index (χ4n) is 2.18. The SMILES string of the molecule is Brc1cc(-c2nc3cc4c(cc3[nH]2)OCCO4)c(Br)s1. The summed E-state index contributed by atoms with van der Waals surface area (Å²) in [6, 6.07) is 5.90. The number of ether oxygens (including phenoxy) is 2. The highest BCUT2D eigenvalue weighted by atomic mass is 79.9. The van der Waals surface area contributed by atoms with Crippen LogP contribution in [0.2, 0.25) is 0 Å². The number of nitrogens with zero attached hydrogens (tertiary/aromatic N) is 1. The molecular weight excluding hydrogens is 408 g/mol. The molecule has 1 aliphatic rings. The molecule has 4 nitrogen and oxygen atoms in total. The number of hydrogen-bond donors (Lipinski definition) is 1. The third-order valence-corrected chi connectivity index (χ3v) is 5.40. The standard InChI is InChI=1S/C13H8Br2N2O2S/c14-11-3-6(12(15)20-11)13-16-7-4-9-10(5-8(7)17-13)19-2-1-18-9/h3-5H,1-2H2,(H,16,17). The number of aromatic nitrogens is 2. The number of thiophene rings is 1. The van der Waals surface area contributed by atoms with Gasteiger partial charge in [-0.3, -0.25) is 0 Å². The minimum absolute atomic E-state index is 0.582. The topological polar surface area (TPSA) is 47.1 Å². The maximum atomic E-state index is 5.59. The van der Waals surface area contributed by atoms with Crippen LogP contribution >= 0.6 is 43.2 Å². The molecule has 4 rings (SSSR count). The number of imidazole rings is 1. The summed E-state index contributed by atoms with van der Waals surface area (Å²) < 4.78 is 13.3. The molecule has 0 spiro atoms. The molecule has 0 aliphatic carbocycles. The van der Waals surface area contributed by atoms with E-state index < -0.39 is 0 Å². The van der Waals surface area contributed by atoms with Gasteiger partial charge in [0.15, 0.2) is 11.5 Å². The minimum atomic E-state index is 0.582. The van der Waals surface area contributed by atoms with E-state index in [4.69, 9.17) is 9.47 Å². The summed E-state index contributed by atoms with van der Waals surface area (Å²) in [5.41, 5.74) is 2.86. The Balaban J connectivity index is 1.88. The molecule has 3 aromatic rings. The first kappa shape index (κ1) is 12.7. The molecule has 0 unspecified atom stereocenters. The molecular formula is C13H8Br2N2O2S. The Bertz CT molecular complexity index is 769. The predicted octanol–water partition coefficient (Wildman–Crippen LogP) is 4.59. The Kier molecular flexibility index (Phi) is 3.01. The van der Waals surface area contributed by atoms with Crippen molar-refractivity contribution in [1.82, 2.24) is 9.97 Å². The van der Waals surface area contributed by atoms with Gasteiger partial charge in [-0.25, -0.2) is 4.98 Å². The van der Waals surface area contributed by atoms with Crippen LogP contribution in [-0.4, -0.2) is 23.2 Å². The van der Waals surface area contributed by atoms with E-state index in [1.807, 2.05) is 18.2 Å². The summed E-state index contributed by atoms with van der Waals surface area (Å²) in [6.07, 6.45) is 0. The van der Waals surface area contributed by atoms with E-state index in [-0.39, 0.29) is 0 Å². The van der Waals surface area contributed by atoms with Crippen molar-refractivity contribution < 1.29 is 9.47 Å². The van der Waals surface area contributed by atoms with Gasteiger partial charge in [0.1, 0.15) is 19.0 Å².